The highest BCUT2D eigenvalue weighted by atomic mass is 32.2. The first-order chi connectivity index (χ1) is 16.3. The highest BCUT2D eigenvalue weighted by Crippen LogP contribution is 2.32. The summed E-state index contributed by atoms with van der Waals surface area (Å²) in [5.74, 6) is 1.09. The molecule has 3 heterocycles. The number of piperidine rings is 1. The van der Waals surface area contributed by atoms with Gasteiger partial charge in [-0.2, -0.15) is 0 Å². The zero-order valence-corrected chi connectivity index (χ0v) is 22.2. The maximum absolute atomic E-state index is 13.8. The van der Waals surface area contributed by atoms with Gasteiger partial charge in [0, 0.05) is 17.0 Å². The van der Waals surface area contributed by atoms with Gasteiger partial charge in [-0.1, -0.05) is 25.1 Å². The van der Waals surface area contributed by atoms with E-state index in [1.54, 1.807) is 23.0 Å². The molecule has 1 amide bonds. The van der Waals surface area contributed by atoms with Gasteiger partial charge in [-0.15, -0.1) is 11.3 Å². The fourth-order valence-electron chi connectivity index (χ4n) is 4.85. The van der Waals surface area contributed by atoms with Gasteiger partial charge in [0.1, 0.15) is 10.6 Å². The molecule has 1 aliphatic rings. The van der Waals surface area contributed by atoms with Crippen LogP contribution in [0.25, 0.3) is 15.9 Å². The molecule has 1 aliphatic heterocycles. The minimum atomic E-state index is -0.0825. The lowest BCUT2D eigenvalue weighted by Gasteiger charge is -2.39. The highest BCUT2D eigenvalue weighted by molar-refractivity contribution is 7.99. The van der Waals surface area contributed by atoms with Crippen molar-refractivity contribution in [1.82, 2.24) is 14.5 Å². The lowest BCUT2D eigenvalue weighted by Crippen LogP contribution is -2.48. The lowest BCUT2D eigenvalue weighted by molar-refractivity contribution is -0.134. The second-order valence-corrected chi connectivity index (χ2v) is 11.1. The quantitative estimate of drug-likeness (QED) is 0.313. The molecule has 0 saturated carbocycles. The van der Waals surface area contributed by atoms with Crippen LogP contribution in [0, 0.1) is 6.92 Å². The summed E-state index contributed by atoms with van der Waals surface area (Å²) in [6, 6.07) is 7.89. The Morgan fingerprint density at radius 3 is 2.50 bits per heavy atom. The summed E-state index contributed by atoms with van der Waals surface area (Å²) in [7, 11) is 1.62. The van der Waals surface area contributed by atoms with Crippen LogP contribution in [-0.2, 0) is 11.2 Å². The van der Waals surface area contributed by atoms with Crippen molar-refractivity contribution in [2.75, 3.05) is 12.9 Å². The molecule has 4 rings (SSSR count). The summed E-state index contributed by atoms with van der Waals surface area (Å²) >= 11 is 2.95. The minimum Gasteiger partial charge on any atom is -0.497 e. The van der Waals surface area contributed by atoms with Gasteiger partial charge in [0.15, 0.2) is 5.16 Å². The van der Waals surface area contributed by atoms with Gasteiger partial charge in [0.25, 0.3) is 5.56 Å². The van der Waals surface area contributed by atoms with Crippen LogP contribution in [0.1, 0.15) is 56.9 Å². The van der Waals surface area contributed by atoms with E-state index in [2.05, 4.69) is 20.8 Å². The van der Waals surface area contributed by atoms with Gasteiger partial charge in [-0.3, -0.25) is 14.2 Å². The molecule has 3 aromatic rings. The van der Waals surface area contributed by atoms with Crippen LogP contribution in [0.5, 0.6) is 5.75 Å². The number of carbonyl (C=O) groups excluding carboxylic acids is 1. The van der Waals surface area contributed by atoms with E-state index < -0.39 is 0 Å². The van der Waals surface area contributed by atoms with Gasteiger partial charge in [0.05, 0.1) is 23.9 Å². The molecule has 1 fully saturated rings. The molecule has 0 aliphatic carbocycles. The number of aryl methyl sites for hydroxylation is 2. The predicted octanol–water partition coefficient (Wildman–Crippen LogP) is 5.60. The average Bonchev–Trinajstić information content (AvgIpc) is 3.13. The van der Waals surface area contributed by atoms with Gasteiger partial charge in [-0.05, 0) is 76.3 Å². The number of methoxy groups -OCH3 is 1. The molecule has 2 atom stereocenters. The number of rotatable bonds is 7. The van der Waals surface area contributed by atoms with Crippen molar-refractivity contribution in [3.8, 4) is 11.4 Å². The van der Waals surface area contributed by atoms with Crippen LogP contribution < -0.4 is 10.3 Å². The average molecular weight is 500 g/mol. The molecule has 0 spiro atoms. The number of ether oxygens (including phenoxy) is 1. The Bertz CT molecular complexity index is 1220. The smallest absolute Gasteiger partial charge is 0.267 e. The Morgan fingerprint density at radius 2 is 1.88 bits per heavy atom. The van der Waals surface area contributed by atoms with E-state index in [0.717, 1.165) is 53.9 Å². The summed E-state index contributed by atoms with van der Waals surface area (Å²) in [5, 5.41) is 1.23. The molecule has 0 bridgehead atoms. The highest BCUT2D eigenvalue weighted by Gasteiger charge is 2.29. The standard InChI is InChI=1S/C26H33N3O3S2/c1-6-8-21-18(4)23-24(34-21)27-26(29(25(23)31)19-11-13-20(32-5)14-12-19)33-15-22(30)28-16(2)9-7-10-17(28)3/h11-14,16-17H,6-10,15H2,1-5H3/t16-,17-/m1/s1. The van der Waals surface area contributed by atoms with Crippen LogP contribution in [0.15, 0.2) is 34.2 Å². The maximum Gasteiger partial charge on any atom is 0.267 e. The second-order valence-electron chi connectivity index (χ2n) is 9.03. The first kappa shape index (κ1) is 24.8. The first-order valence-electron chi connectivity index (χ1n) is 12.0. The van der Waals surface area contributed by atoms with Crippen molar-refractivity contribution in [2.45, 2.75) is 77.0 Å². The first-order valence-corrected chi connectivity index (χ1v) is 13.8. The van der Waals surface area contributed by atoms with Crippen molar-refractivity contribution in [1.29, 1.82) is 0 Å². The topological polar surface area (TPSA) is 64.4 Å². The van der Waals surface area contributed by atoms with Crippen LogP contribution in [0.4, 0.5) is 0 Å². The number of benzene rings is 1. The third kappa shape index (κ3) is 4.75. The molecule has 8 heteroatoms. The Labute approximate surface area is 209 Å². The number of carbonyl (C=O) groups is 1. The molecule has 2 aromatic heterocycles. The van der Waals surface area contributed by atoms with Crippen molar-refractivity contribution < 1.29 is 9.53 Å². The van der Waals surface area contributed by atoms with Gasteiger partial charge >= 0.3 is 0 Å². The summed E-state index contributed by atoms with van der Waals surface area (Å²) in [4.78, 5) is 35.9. The fourth-order valence-corrected chi connectivity index (χ4v) is 7.05. The predicted molar refractivity (Wildman–Crippen MR) is 141 cm³/mol. The van der Waals surface area contributed by atoms with E-state index >= 15 is 0 Å². The summed E-state index contributed by atoms with van der Waals surface area (Å²) in [5.41, 5.74) is 1.66. The van der Waals surface area contributed by atoms with Crippen molar-refractivity contribution in [3.05, 3.63) is 45.1 Å². The summed E-state index contributed by atoms with van der Waals surface area (Å²) < 4.78 is 6.95. The third-order valence-corrected chi connectivity index (χ3v) is 8.82. The number of fused-ring (bicyclic) bond motifs is 1. The van der Waals surface area contributed by atoms with E-state index in [0.29, 0.717) is 10.5 Å². The van der Waals surface area contributed by atoms with E-state index in [1.165, 1.54) is 16.6 Å². The maximum atomic E-state index is 13.8. The molecule has 0 N–H and O–H groups in total. The van der Waals surface area contributed by atoms with E-state index in [1.807, 2.05) is 36.1 Å². The largest absolute Gasteiger partial charge is 0.497 e. The Kier molecular flexibility index (Phi) is 7.67. The Morgan fingerprint density at radius 1 is 1.21 bits per heavy atom. The zero-order chi connectivity index (χ0) is 24.4. The number of hydrogen-bond donors (Lipinski definition) is 0. The number of nitrogens with zero attached hydrogens (tertiary/aromatic N) is 3. The van der Waals surface area contributed by atoms with Gasteiger partial charge < -0.3 is 9.64 Å². The van der Waals surface area contributed by atoms with Crippen LogP contribution in [0.3, 0.4) is 0 Å². The monoisotopic (exact) mass is 499 g/mol. The number of aromatic nitrogens is 2. The SMILES string of the molecule is CCCc1sc2nc(SCC(=O)N3[C@H](C)CCC[C@H]3C)n(-c3ccc(OC)cc3)c(=O)c2c1C. The Hall–Kier alpha value is -2.32. The Balaban J connectivity index is 1.75. The molecule has 182 valence electrons. The number of hydrogen-bond acceptors (Lipinski definition) is 6. The molecule has 1 saturated heterocycles. The molecule has 6 nitrogen and oxygen atoms in total. The number of thioether (sulfide) groups is 1. The van der Waals surface area contributed by atoms with Gasteiger partial charge in [0.2, 0.25) is 5.91 Å². The zero-order valence-electron chi connectivity index (χ0n) is 20.6. The normalized spacial score (nSPS) is 18.4. The van der Waals surface area contributed by atoms with Crippen LogP contribution >= 0.6 is 23.1 Å². The van der Waals surface area contributed by atoms with Crippen molar-refractivity contribution in [3.63, 3.8) is 0 Å². The van der Waals surface area contributed by atoms with Gasteiger partial charge in [-0.25, -0.2) is 4.98 Å². The van der Waals surface area contributed by atoms with E-state index in [4.69, 9.17) is 9.72 Å². The second kappa shape index (κ2) is 10.5. The summed E-state index contributed by atoms with van der Waals surface area (Å²) in [6.45, 7) is 8.40. The summed E-state index contributed by atoms with van der Waals surface area (Å²) in [6.07, 6.45) is 5.18. The molecular formula is C26H33N3O3S2. The number of thiophene rings is 1. The minimum absolute atomic E-state index is 0.0825. The van der Waals surface area contributed by atoms with E-state index in [-0.39, 0.29) is 29.3 Å². The van der Waals surface area contributed by atoms with Crippen molar-refractivity contribution >= 4 is 39.2 Å². The molecule has 0 radical (unpaired) electrons. The fraction of sp³-hybridized carbons (Fsp3) is 0.500. The molecule has 1 aromatic carbocycles. The molecular weight excluding hydrogens is 466 g/mol. The molecule has 0 unspecified atom stereocenters. The van der Waals surface area contributed by atoms with E-state index in [9.17, 15) is 9.59 Å². The number of amides is 1. The van der Waals surface area contributed by atoms with Crippen molar-refractivity contribution in [2.24, 2.45) is 0 Å². The third-order valence-electron chi connectivity index (χ3n) is 6.65. The van der Waals surface area contributed by atoms with Crippen LogP contribution in [0.2, 0.25) is 0 Å². The van der Waals surface area contributed by atoms with Crippen LogP contribution in [-0.4, -0.2) is 45.3 Å². The number of likely N-dealkylation sites (tertiary alicyclic amines) is 1. The lowest BCUT2D eigenvalue weighted by atomic mass is 9.98. The molecule has 34 heavy (non-hydrogen) atoms.